The van der Waals surface area contributed by atoms with Gasteiger partial charge < -0.3 is 5.11 Å². The maximum absolute atomic E-state index is 11.5. The predicted molar refractivity (Wildman–Crippen MR) is 88.4 cm³/mol. The van der Waals surface area contributed by atoms with Gasteiger partial charge in [-0.3, -0.25) is 4.79 Å². The smallest absolute Gasteiger partial charge is 0.317 e. The lowest BCUT2D eigenvalue weighted by Crippen LogP contribution is -2.19. The van der Waals surface area contributed by atoms with Crippen molar-refractivity contribution in [2.24, 2.45) is 0 Å². The van der Waals surface area contributed by atoms with Gasteiger partial charge in [0.2, 0.25) is 0 Å². The van der Waals surface area contributed by atoms with Gasteiger partial charge in [0.05, 0.1) is 0 Å². The average Bonchev–Trinajstić information content (AvgIpc) is 2.45. The van der Waals surface area contributed by atoms with Crippen molar-refractivity contribution in [2.75, 3.05) is 0 Å². The van der Waals surface area contributed by atoms with Crippen molar-refractivity contribution >= 4 is 29.3 Å². The van der Waals surface area contributed by atoms with Crippen LogP contribution in [0.2, 0.25) is 5.02 Å². The Hall–Kier alpha value is -1.45. The molecule has 0 aromatic heterocycles. The highest BCUT2D eigenvalue weighted by Crippen LogP contribution is 2.28. The third-order valence-electron chi connectivity index (χ3n) is 3.49. The molecule has 4 heteroatoms. The number of aliphatic carboxylic acids is 1. The molecule has 0 aliphatic heterocycles. The van der Waals surface area contributed by atoms with E-state index in [9.17, 15) is 9.90 Å². The van der Waals surface area contributed by atoms with Crippen molar-refractivity contribution in [3.05, 3.63) is 64.2 Å². The summed E-state index contributed by atoms with van der Waals surface area (Å²) < 4.78 is 0. The quantitative estimate of drug-likeness (QED) is 0.808. The van der Waals surface area contributed by atoms with Gasteiger partial charge in [-0.2, -0.15) is 0 Å². The zero-order chi connectivity index (χ0) is 15.4. The lowest BCUT2D eigenvalue weighted by atomic mass is 10.00. The van der Waals surface area contributed by atoms with Crippen molar-refractivity contribution < 1.29 is 9.90 Å². The highest BCUT2D eigenvalue weighted by atomic mass is 35.5. The van der Waals surface area contributed by atoms with Gasteiger partial charge in [0.15, 0.2) is 0 Å². The molecule has 2 nitrogen and oxygen atoms in total. The van der Waals surface area contributed by atoms with Crippen molar-refractivity contribution in [1.82, 2.24) is 0 Å². The van der Waals surface area contributed by atoms with E-state index in [0.717, 1.165) is 10.5 Å². The van der Waals surface area contributed by atoms with Gasteiger partial charge in [-0.1, -0.05) is 29.8 Å². The first-order chi connectivity index (χ1) is 9.97. The molecule has 0 fully saturated rings. The molecule has 2 aromatic carbocycles. The molecule has 0 saturated carbocycles. The molecule has 0 radical (unpaired) electrons. The van der Waals surface area contributed by atoms with Crippen molar-refractivity contribution in [2.45, 2.75) is 30.4 Å². The third kappa shape index (κ3) is 4.26. The molecule has 2 rings (SSSR count). The van der Waals surface area contributed by atoms with E-state index in [4.69, 9.17) is 11.6 Å². The second kappa shape index (κ2) is 7.01. The number of aryl methyl sites for hydroxylation is 1. The molecular weight excluding hydrogens is 304 g/mol. The molecule has 21 heavy (non-hydrogen) atoms. The van der Waals surface area contributed by atoms with Crippen LogP contribution in [0.1, 0.15) is 16.7 Å². The van der Waals surface area contributed by atoms with Gasteiger partial charge in [0.1, 0.15) is 5.25 Å². The summed E-state index contributed by atoms with van der Waals surface area (Å²) in [6, 6.07) is 13.3. The number of carbonyl (C=O) groups is 1. The summed E-state index contributed by atoms with van der Waals surface area (Å²) in [4.78, 5) is 12.4. The van der Waals surface area contributed by atoms with Gasteiger partial charge >= 0.3 is 5.97 Å². The van der Waals surface area contributed by atoms with Crippen LogP contribution in [0.15, 0.2) is 47.4 Å². The molecule has 0 heterocycles. The van der Waals surface area contributed by atoms with Crippen LogP contribution >= 0.6 is 23.4 Å². The fourth-order valence-corrected chi connectivity index (χ4v) is 3.20. The van der Waals surface area contributed by atoms with Gasteiger partial charge in [-0.15, -0.1) is 11.8 Å². The maximum atomic E-state index is 11.5. The molecule has 0 unspecified atom stereocenters. The topological polar surface area (TPSA) is 37.3 Å². The minimum Gasteiger partial charge on any atom is -0.480 e. The van der Waals surface area contributed by atoms with Crippen molar-refractivity contribution in [3.63, 3.8) is 0 Å². The monoisotopic (exact) mass is 320 g/mol. The summed E-state index contributed by atoms with van der Waals surface area (Å²) in [5.41, 5.74) is 3.44. The number of rotatable bonds is 5. The Kier molecular flexibility index (Phi) is 5.32. The SMILES string of the molecule is Cc1cccc(C[C@@H](Sc2ccc(Cl)cc2)C(=O)O)c1C. The summed E-state index contributed by atoms with van der Waals surface area (Å²) in [5, 5.41) is 9.61. The highest BCUT2D eigenvalue weighted by Gasteiger charge is 2.20. The second-order valence-corrected chi connectivity index (χ2v) is 6.67. The molecule has 110 valence electrons. The van der Waals surface area contributed by atoms with E-state index in [2.05, 4.69) is 0 Å². The molecular formula is C17H17ClO2S. The Balaban J connectivity index is 2.18. The van der Waals surface area contributed by atoms with Crippen molar-refractivity contribution in [1.29, 1.82) is 0 Å². The Morgan fingerprint density at radius 3 is 2.48 bits per heavy atom. The van der Waals surface area contributed by atoms with Gasteiger partial charge in [0.25, 0.3) is 0 Å². The molecule has 1 N–H and O–H groups in total. The summed E-state index contributed by atoms with van der Waals surface area (Å²) in [6.45, 7) is 4.08. The molecule has 0 aliphatic carbocycles. The molecule has 0 saturated heterocycles. The highest BCUT2D eigenvalue weighted by molar-refractivity contribution is 8.00. The first-order valence-corrected chi connectivity index (χ1v) is 7.93. The van der Waals surface area contributed by atoms with Crippen molar-refractivity contribution in [3.8, 4) is 0 Å². The van der Waals surface area contributed by atoms with Crippen LogP contribution in [0.4, 0.5) is 0 Å². The molecule has 0 bridgehead atoms. The minimum absolute atomic E-state index is 0.508. The van der Waals surface area contributed by atoms with E-state index in [1.54, 1.807) is 12.1 Å². The number of benzene rings is 2. The lowest BCUT2D eigenvalue weighted by molar-refractivity contribution is -0.136. The minimum atomic E-state index is -0.796. The predicted octanol–water partition coefficient (Wildman–Crippen LogP) is 4.74. The Morgan fingerprint density at radius 2 is 1.86 bits per heavy atom. The van der Waals surface area contributed by atoms with Crippen LogP contribution < -0.4 is 0 Å². The fraction of sp³-hybridized carbons (Fsp3) is 0.235. The molecule has 2 aromatic rings. The number of carboxylic acid groups (broad SMARTS) is 1. The average molecular weight is 321 g/mol. The standard InChI is InChI=1S/C17H17ClO2S/c1-11-4-3-5-13(12(11)2)10-16(17(19)20)21-15-8-6-14(18)7-9-15/h3-9,16H,10H2,1-2H3,(H,19,20)/t16-/m1/s1. The largest absolute Gasteiger partial charge is 0.480 e. The van der Waals surface area contributed by atoms with E-state index in [1.807, 2.05) is 44.2 Å². The van der Waals surface area contributed by atoms with Crippen LogP contribution in [-0.4, -0.2) is 16.3 Å². The van der Waals surface area contributed by atoms with Crippen LogP contribution in [0.25, 0.3) is 0 Å². The Bertz CT molecular complexity index is 638. The number of hydrogen-bond acceptors (Lipinski definition) is 2. The summed E-state index contributed by atoms with van der Waals surface area (Å²) in [6.07, 6.45) is 0.510. The number of carboxylic acids is 1. The van der Waals surface area contributed by atoms with Crippen LogP contribution in [0.3, 0.4) is 0 Å². The summed E-state index contributed by atoms with van der Waals surface area (Å²) >= 11 is 7.21. The maximum Gasteiger partial charge on any atom is 0.317 e. The van der Waals surface area contributed by atoms with Gasteiger partial charge in [0, 0.05) is 9.92 Å². The first-order valence-electron chi connectivity index (χ1n) is 6.67. The second-order valence-electron chi connectivity index (χ2n) is 4.96. The van der Waals surface area contributed by atoms with E-state index >= 15 is 0 Å². The molecule has 0 amide bonds. The zero-order valence-corrected chi connectivity index (χ0v) is 13.5. The molecule has 0 aliphatic rings. The van der Waals surface area contributed by atoms with Gasteiger partial charge in [-0.05, 0) is 61.2 Å². The van der Waals surface area contributed by atoms with Crippen LogP contribution in [0, 0.1) is 13.8 Å². The lowest BCUT2D eigenvalue weighted by Gasteiger charge is -2.15. The number of thioether (sulfide) groups is 1. The summed E-state index contributed by atoms with van der Waals surface area (Å²) in [7, 11) is 0. The number of hydrogen-bond donors (Lipinski definition) is 1. The Morgan fingerprint density at radius 1 is 1.19 bits per heavy atom. The van der Waals surface area contributed by atoms with Crippen LogP contribution in [-0.2, 0) is 11.2 Å². The fourth-order valence-electron chi connectivity index (χ4n) is 2.09. The molecule has 0 spiro atoms. The molecule has 1 atom stereocenters. The van der Waals surface area contributed by atoms with Crippen LogP contribution in [0.5, 0.6) is 0 Å². The number of halogens is 1. The van der Waals surface area contributed by atoms with E-state index in [0.29, 0.717) is 11.4 Å². The zero-order valence-electron chi connectivity index (χ0n) is 12.0. The third-order valence-corrected chi connectivity index (χ3v) is 4.94. The van der Waals surface area contributed by atoms with E-state index < -0.39 is 11.2 Å². The first kappa shape index (κ1) is 15.9. The Labute approximate surface area is 134 Å². The van der Waals surface area contributed by atoms with E-state index in [-0.39, 0.29) is 0 Å². The summed E-state index contributed by atoms with van der Waals surface area (Å²) in [5.74, 6) is -0.796. The van der Waals surface area contributed by atoms with E-state index in [1.165, 1.54) is 22.9 Å². The normalized spacial score (nSPS) is 12.1. The van der Waals surface area contributed by atoms with Gasteiger partial charge in [-0.25, -0.2) is 0 Å².